The van der Waals surface area contributed by atoms with Crippen LogP contribution in [-0.2, 0) is 6.18 Å². The predicted octanol–water partition coefficient (Wildman–Crippen LogP) is 4.90. The van der Waals surface area contributed by atoms with E-state index in [0.717, 1.165) is 12.1 Å². The summed E-state index contributed by atoms with van der Waals surface area (Å²) in [6, 6.07) is 5.08. The molecule has 0 bridgehead atoms. The average Bonchev–Trinajstić information content (AvgIpc) is 2.75. The zero-order valence-corrected chi connectivity index (χ0v) is 11.3. The van der Waals surface area contributed by atoms with Crippen molar-refractivity contribution in [1.82, 2.24) is 4.98 Å². The molecule has 3 rings (SSSR count). The summed E-state index contributed by atoms with van der Waals surface area (Å²) in [5, 5.41) is 0.376. The smallest absolute Gasteiger partial charge is 0.263 e. The van der Waals surface area contributed by atoms with Gasteiger partial charge in [-0.15, -0.1) is 0 Å². The van der Waals surface area contributed by atoms with E-state index in [1.807, 2.05) is 0 Å². The SMILES string of the molecule is C=C1C(c2ccncc2Cl)=Nc2cc(C(F)(F)F)ccc21. The Bertz CT molecular complexity index is 779. The molecule has 1 aromatic heterocycles. The highest BCUT2D eigenvalue weighted by molar-refractivity contribution is 6.42. The van der Waals surface area contributed by atoms with Crippen molar-refractivity contribution in [3.05, 3.63) is 65.0 Å². The second-order valence-corrected chi connectivity index (χ2v) is 4.93. The van der Waals surface area contributed by atoms with Crippen molar-refractivity contribution in [1.29, 1.82) is 0 Å². The lowest BCUT2D eigenvalue weighted by atomic mass is 9.99. The van der Waals surface area contributed by atoms with Crippen LogP contribution in [-0.4, -0.2) is 10.7 Å². The molecule has 0 fully saturated rings. The topological polar surface area (TPSA) is 25.2 Å². The molecule has 0 atom stereocenters. The van der Waals surface area contributed by atoms with Crippen molar-refractivity contribution < 1.29 is 13.2 Å². The third-order valence-corrected chi connectivity index (χ3v) is 3.50. The van der Waals surface area contributed by atoms with Crippen LogP contribution < -0.4 is 0 Å². The minimum absolute atomic E-state index is 0.248. The van der Waals surface area contributed by atoms with E-state index in [0.29, 0.717) is 27.4 Å². The molecule has 2 heterocycles. The van der Waals surface area contributed by atoms with Crippen LogP contribution in [0.3, 0.4) is 0 Å². The first-order valence-corrected chi connectivity index (χ1v) is 6.35. The van der Waals surface area contributed by atoms with Gasteiger partial charge in [-0.1, -0.05) is 24.2 Å². The highest BCUT2D eigenvalue weighted by Crippen LogP contribution is 2.40. The van der Waals surface area contributed by atoms with Crippen LogP contribution in [0, 0.1) is 0 Å². The molecule has 2 nitrogen and oxygen atoms in total. The molecule has 1 aliphatic heterocycles. The minimum atomic E-state index is -4.40. The fourth-order valence-corrected chi connectivity index (χ4v) is 2.37. The summed E-state index contributed by atoms with van der Waals surface area (Å²) >= 11 is 6.05. The molecule has 0 saturated heterocycles. The van der Waals surface area contributed by atoms with E-state index >= 15 is 0 Å². The molecule has 0 aliphatic carbocycles. The number of alkyl halides is 3. The Balaban J connectivity index is 2.11. The maximum Gasteiger partial charge on any atom is 0.416 e. The molecule has 0 amide bonds. The summed E-state index contributed by atoms with van der Waals surface area (Å²) < 4.78 is 38.2. The molecular weight excluding hydrogens is 301 g/mol. The van der Waals surface area contributed by atoms with E-state index in [2.05, 4.69) is 16.6 Å². The standard InChI is InChI=1S/C15H8ClF3N2/c1-8-10-3-2-9(15(17,18)19)6-13(10)21-14(8)11-4-5-20-7-12(11)16/h2-7H,1H2. The van der Waals surface area contributed by atoms with Crippen molar-refractivity contribution in [2.45, 2.75) is 6.18 Å². The van der Waals surface area contributed by atoms with Crippen molar-refractivity contribution in [3.8, 4) is 0 Å². The number of rotatable bonds is 1. The van der Waals surface area contributed by atoms with Gasteiger partial charge >= 0.3 is 6.18 Å². The Kier molecular flexibility index (Phi) is 3.10. The van der Waals surface area contributed by atoms with Crippen LogP contribution >= 0.6 is 11.6 Å². The number of halogens is 4. The third kappa shape index (κ3) is 2.34. The average molecular weight is 309 g/mol. The molecule has 1 aliphatic rings. The van der Waals surface area contributed by atoms with E-state index in [4.69, 9.17) is 11.6 Å². The quantitative estimate of drug-likeness (QED) is 0.735. The summed E-state index contributed by atoms with van der Waals surface area (Å²) in [4.78, 5) is 8.11. The van der Waals surface area contributed by atoms with Gasteiger partial charge in [-0.3, -0.25) is 4.98 Å². The van der Waals surface area contributed by atoms with Gasteiger partial charge in [-0.25, -0.2) is 4.99 Å². The summed E-state index contributed by atoms with van der Waals surface area (Å²) in [6.45, 7) is 3.90. The van der Waals surface area contributed by atoms with Gasteiger partial charge in [0.25, 0.3) is 0 Å². The molecule has 106 valence electrons. The van der Waals surface area contributed by atoms with E-state index < -0.39 is 11.7 Å². The molecule has 0 N–H and O–H groups in total. The summed E-state index contributed by atoms with van der Waals surface area (Å²) in [6.07, 6.45) is -1.40. The van der Waals surface area contributed by atoms with Gasteiger partial charge in [0, 0.05) is 29.1 Å². The van der Waals surface area contributed by atoms with Gasteiger partial charge in [-0.05, 0) is 18.2 Å². The number of hydrogen-bond acceptors (Lipinski definition) is 2. The molecule has 1 aromatic carbocycles. The molecular formula is C15H8ClF3N2. The Labute approximate surface area is 123 Å². The zero-order chi connectivity index (χ0) is 15.2. The second kappa shape index (κ2) is 4.70. The molecule has 21 heavy (non-hydrogen) atoms. The first-order valence-electron chi connectivity index (χ1n) is 5.97. The van der Waals surface area contributed by atoms with Crippen LogP contribution in [0.25, 0.3) is 5.57 Å². The van der Waals surface area contributed by atoms with Gasteiger partial charge in [0.15, 0.2) is 0 Å². The van der Waals surface area contributed by atoms with Crippen LogP contribution in [0.1, 0.15) is 16.7 Å². The number of allylic oxidation sites excluding steroid dienone is 1. The fourth-order valence-electron chi connectivity index (χ4n) is 2.16. The summed E-state index contributed by atoms with van der Waals surface area (Å²) in [7, 11) is 0. The Morgan fingerprint density at radius 2 is 1.86 bits per heavy atom. The highest BCUT2D eigenvalue weighted by atomic mass is 35.5. The largest absolute Gasteiger partial charge is 0.416 e. The van der Waals surface area contributed by atoms with Crippen molar-refractivity contribution in [2.24, 2.45) is 4.99 Å². The lowest BCUT2D eigenvalue weighted by molar-refractivity contribution is -0.137. The number of aliphatic imine (C=N–C) groups is 1. The molecule has 0 radical (unpaired) electrons. The normalized spacial score (nSPS) is 14.1. The molecule has 6 heteroatoms. The minimum Gasteiger partial charge on any atom is -0.263 e. The van der Waals surface area contributed by atoms with E-state index in [1.54, 1.807) is 12.3 Å². The third-order valence-electron chi connectivity index (χ3n) is 3.20. The molecule has 0 unspecified atom stereocenters. The number of nitrogens with zero attached hydrogens (tertiary/aromatic N) is 2. The van der Waals surface area contributed by atoms with Crippen molar-refractivity contribution >= 4 is 28.6 Å². The number of fused-ring (bicyclic) bond motifs is 1. The van der Waals surface area contributed by atoms with E-state index in [-0.39, 0.29) is 5.69 Å². The number of pyridine rings is 1. The van der Waals surface area contributed by atoms with Gasteiger partial charge in [0.2, 0.25) is 0 Å². The Morgan fingerprint density at radius 3 is 2.52 bits per heavy atom. The van der Waals surface area contributed by atoms with Crippen molar-refractivity contribution in [2.75, 3.05) is 0 Å². The fraction of sp³-hybridized carbons (Fsp3) is 0.0667. The van der Waals surface area contributed by atoms with Gasteiger partial charge in [-0.2, -0.15) is 13.2 Å². The van der Waals surface area contributed by atoms with Crippen LogP contribution in [0.4, 0.5) is 18.9 Å². The maximum absolute atomic E-state index is 12.7. The zero-order valence-electron chi connectivity index (χ0n) is 10.6. The lowest BCUT2D eigenvalue weighted by Gasteiger charge is -2.08. The number of benzene rings is 1. The highest BCUT2D eigenvalue weighted by Gasteiger charge is 2.32. The van der Waals surface area contributed by atoms with Gasteiger partial charge < -0.3 is 0 Å². The summed E-state index contributed by atoms with van der Waals surface area (Å²) in [5.74, 6) is 0. The molecule has 2 aromatic rings. The van der Waals surface area contributed by atoms with Crippen molar-refractivity contribution in [3.63, 3.8) is 0 Å². The maximum atomic E-state index is 12.7. The number of aromatic nitrogens is 1. The monoisotopic (exact) mass is 308 g/mol. The van der Waals surface area contributed by atoms with Crippen LogP contribution in [0.15, 0.2) is 48.2 Å². The predicted molar refractivity (Wildman–Crippen MR) is 75.9 cm³/mol. The van der Waals surface area contributed by atoms with E-state index in [9.17, 15) is 13.2 Å². The first-order chi connectivity index (χ1) is 9.88. The van der Waals surface area contributed by atoms with Crippen LogP contribution in [0.5, 0.6) is 0 Å². The van der Waals surface area contributed by atoms with E-state index in [1.165, 1.54) is 12.3 Å². The van der Waals surface area contributed by atoms with Crippen LogP contribution in [0.2, 0.25) is 5.02 Å². The molecule has 0 saturated carbocycles. The number of hydrogen-bond donors (Lipinski definition) is 0. The lowest BCUT2D eigenvalue weighted by Crippen LogP contribution is -2.04. The Morgan fingerprint density at radius 1 is 1.10 bits per heavy atom. The first kappa shape index (κ1) is 13.8. The van der Waals surface area contributed by atoms with Gasteiger partial charge in [0.1, 0.15) is 0 Å². The summed E-state index contributed by atoms with van der Waals surface area (Å²) in [5.41, 5.74) is 1.70. The van der Waals surface area contributed by atoms with Gasteiger partial charge in [0.05, 0.1) is 22.0 Å². The molecule has 0 spiro atoms. The second-order valence-electron chi connectivity index (χ2n) is 4.52. The Hall–Kier alpha value is -2.14.